The van der Waals surface area contributed by atoms with Gasteiger partial charge in [-0.05, 0) is 26.3 Å². The largest absolute Gasteiger partial charge is 0.519 e. The highest BCUT2D eigenvalue weighted by molar-refractivity contribution is 6.05. The number of aromatic nitrogens is 2. The van der Waals surface area contributed by atoms with E-state index in [2.05, 4.69) is 41.5 Å². The van der Waals surface area contributed by atoms with Crippen LogP contribution in [0.3, 0.4) is 0 Å². The third-order valence-corrected chi connectivity index (χ3v) is 6.80. The minimum absolute atomic E-state index is 0.0555. The molecule has 0 aliphatic carbocycles. The predicted octanol–water partition coefficient (Wildman–Crippen LogP) is -1.82. The Bertz CT molecular complexity index is 2800. The fourth-order valence-electron chi connectivity index (χ4n) is 3.89. The lowest BCUT2D eigenvalue weighted by atomic mass is 10.1. The Morgan fingerprint density at radius 2 is 0.956 bits per heavy atom. The van der Waals surface area contributed by atoms with Crippen LogP contribution in [-0.4, -0.2) is 89.7 Å². The topological polar surface area (TPSA) is 473 Å². The Morgan fingerprint density at radius 1 is 0.559 bits per heavy atom. The van der Waals surface area contributed by atoms with Gasteiger partial charge in [0.05, 0.1) is 18.7 Å². The Morgan fingerprint density at radius 3 is 1.29 bits per heavy atom. The summed E-state index contributed by atoms with van der Waals surface area (Å²) in [7, 11) is 0. The molecule has 0 fully saturated rings. The van der Waals surface area contributed by atoms with E-state index in [1.54, 1.807) is 6.92 Å². The van der Waals surface area contributed by atoms with Gasteiger partial charge >= 0.3 is 59.0 Å². The van der Waals surface area contributed by atoms with Crippen LogP contribution in [0.15, 0.2) is 105 Å². The van der Waals surface area contributed by atoms with Gasteiger partial charge in [-0.15, -0.1) is 0 Å². The highest BCUT2D eigenvalue weighted by Crippen LogP contribution is 2.09. The average molecular weight is 968 g/mol. The van der Waals surface area contributed by atoms with Crippen molar-refractivity contribution in [2.45, 2.75) is 53.6 Å². The van der Waals surface area contributed by atoms with Crippen LogP contribution in [0.5, 0.6) is 0 Å². The lowest BCUT2D eigenvalue weighted by Crippen LogP contribution is -2.33. The lowest BCUT2D eigenvalue weighted by Gasteiger charge is -2.11. The Labute approximate surface area is 374 Å². The summed E-state index contributed by atoms with van der Waals surface area (Å²) in [6.45, 7) is 2.98. The number of ether oxygens (including phenoxy) is 3. The number of imide groups is 1. The number of carboxylic acids is 3. The van der Waals surface area contributed by atoms with E-state index in [1.807, 2.05) is 4.98 Å². The van der Waals surface area contributed by atoms with Crippen molar-refractivity contribution in [1.29, 1.82) is 0 Å². The second kappa shape index (κ2) is 29.1. The van der Waals surface area contributed by atoms with Crippen LogP contribution in [0.4, 0.5) is 0 Å². The number of amides is 2. The van der Waals surface area contributed by atoms with Gasteiger partial charge in [0, 0.05) is 48.6 Å². The summed E-state index contributed by atoms with van der Waals surface area (Å²) < 4.78 is 41.3. The summed E-state index contributed by atoms with van der Waals surface area (Å²) in [5, 5.41) is 42.8. The first kappa shape index (κ1) is 56.6. The minimum Gasteiger partial charge on any atom is -0.478 e. The van der Waals surface area contributed by atoms with Crippen molar-refractivity contribution in [2.24, 2.45) is 0 Å². The van der Waals surface area contributed by atoms with E-state index in [4.69, 9.17) is 35.0 Å². The molecule has 0 spiro atoms. The molecule has 1 aliphatic heterocycles. The van der Waals surface area contributed by atoms with E-state index in [0.717, 1.165) is 30.4 Å². The molecule has 1 aliphatic rings. The second-order valence-corrected chi connectivity index (χ2v) is 12.0. The normalized spacial score (nSPS) is 11.6. The maximum atomic E-state index is 11.5. The van der Waals surface area contributed by atoms with E-state index in [1.165, 1.54) is 13.8 Å². The Balaban J connectivity index is 0.000000460. The highest BCUT2D eigenvalue weighted by Gasteiger charge is 2.17. The maximum absolute atomic E-state index is 11.5. The summed E-state index contributed by atoms with van der Waals surface area (Å²) in [6.07, 6.45) is 5.25. The summed E-state index contributed by atoms with van der Waals surface area (Å²) in [4.78, 5) is 142. The first-order valence-electron chi connectivity index (χ1n) is 18.0. The molecule has 30 heteroatoms. The molecule has 8 N–H and O–H groups in total. The van der Waals surface area contributed by atoms with Gasteiger partial charge in [0.25, 0.3) is 11.5 Å². The molecule has 0 bridgehead atoms. The van der Waals surface area contributed by atoms with Crippen molar-refractivity contribution in [3.8, 4) is 0 Å². The van der Waals surface area contributed by atoms with Gasteiger partial charge in [-0.3, -0.25) is 24.7 Å². The highest BCUT2D eigenvalue weighted by atomic mass is 16.6. The standard InChI is InChI=1S/C15H13NO9.C9H8O7.C5H6N2O3.C5H6O4.C4H4O4/c1-8-10(25-15(21)24-8)7-23-14(20)3-2-13(19)22-6-9-4-11(17)16-12(18)5-9;1-5-6(16-9(13)15-5)4-14-8(12)3-2-7(10)11;8-2-3-1-4(9)7-5(10)6-3;1-3-4(2-6)9-5(7)8-3;5-3(6)1-2-4(7)8/h2-4H,5-7H2,1H3,(H,16,17,18);2-3H,4H2,1H3,(H,10,11);1,8H,2H2,(H2,6,7,9,10);6H,2H2,1H3;1-2H,(H,5,6)(H,7,8)/b2*3-2+;;;2-1+. The van der Waals surface area contributed by atoms with Crippen LogP contribution < -0.4 is 34.0 Å². The molecule has 0 saturated heterocycles. The number of esters is 3. The number of nitrogens with one attached hydrogen (secondary N) is 3. The van der Waals surface area contributed by atoms with Crippen molar-refractivity contribution in [3.05, 3.63) is 147 Å². The maximum Gasteiger partial charge on any atom is 0.519 e. The van der Waals surface area contributed by atoms with Crippen molar-refractivity contribution in [1.82, 2.24) is 15.3 Å². The number of aliphatic hydroxyl groups excluding tert-OH is 2. The summed E-state index contributed by atoms with van der Waals surface area (Å²) >= 11 is 0. The number of rotatable bonds is 14. The molecule has 2 amide bonds. The number of hydrogen-bond donors (Lipinski definition) is 8. The Kier molecular flexibility index (Phi) is 24.2. The second-order valence-electron chi connectivity index (χ2n) is 12.0. The third kappa shape index (κ3) is 24.4. The number of aryl methyl sites for hydroxylation is 3. The van der Waals surface area contributed by atoms with Crippen LogP contribution in [0.2, 0.25) is 0 Å². The van der Waals surface area contributed by atoms with E-state index in [9.17, 15) is 62.3 Å². The molecule has 0 saturated carbocycles. The van der Waals surface area contributed by atoms with Crippen LogP contribution in [-0.2, 0) is 79.0 Å². The zero-order valence-electron chi connectivity index (χ0n) is 35.1. The van der Waals surface area contributed by atoms with Gasteiger partial charge in [-0.25, -0.2) is 47.9 Å². The molecule has 0 atom stereocenters. The number of carboxylic acid groups (broad SMARTS) is 3. The fraction of sp³-hybridized carbons (Fsp3) is 0.237. The summed E-state index contributed by atoms with van der Waals surface area (Å²) in [5.41, 5.74) is -0.554. The molecule has 30 nitrogen and oxygen atoms in total. The van der Waals surface area contributed by atoms with E-state index in [0.29, 0.717) is 29.6 Å². The van der Waals surface area contributed by atoms with Crippen molar-refractivity contribution in [2.75, 3.05) is 6.61 Å². The van der Waals surface area contributed by atoms with Crippen LogP contribution in [0.25, 0.3) is 0 Å². The van der Waals surface area contributed by atoms with Gasteiger partial charge in [0.15, 0.2) is 42.0 Å². The van der Waals surface area contributed by atoms with Crippen LogP contribution in [0.1, 0.15) is 46.7 Å². The summed E-state index contributed by atoms with van der Waals surface area (Å²) in [5.74, 6) is -8.93. The van der Waals surface area contributed by atoms with Gasteiger partial charge in [-0.2, -0.15) is 0 Å². The molecule has 5 rings (SSSR count). The predicted molar refractivity (Wildman–Crippen MR) is 212 cm³/mol. The molecule has 0 radical (unpaired) electrons. The quantitative estimate of drug-likeness (QED) is 0.0298. The average Bonchev–Trinajstić information content (AvgIpc) is 3.89. The molecular formula is C38H37N3O27. The molecular weight excluding hydrogens is 930 g/mol. The lowest BCUT2D eigenvalue weighted by molar-refractivity contribution is -0.141. The molecule has 5 heterocycles. The Hall–Kier alpha value is -9.45. The zero-order chi connectivity index (χ0) is 51.5. The van der Waals surface area contributed by atoms with E-state index < -0.39 is 76.3 Å². The fourth-order valence-corrected chi connectivity index (χ4v) is 3.89. The SMILES string of the molecule is Cc1oc(=O)oc1CO.Cc1oc(=O)oc1COC(=O)/C=C/C(=O)O.Cc1oc(=O)oc1COC(=O)/C=C/C(=O)OCC1=CC(=O)NC(=O)C1.O=C(O)/C=C/C(=O)O.O=c1cc(CO)[nH]c(=O)[nH]1. The molecule has 0 aromatic carbocycles. The van der Waals surface area contributed by atoms with Gasteiger partial charge in [-0.1, -0.05) is 0 Å². The summed E-state index contributed by atoms with van der Waals surface area (Å²) in [6, 6.07) is 1.13. The molecule has 366 valence electrons. The van der Waals surface area contributed by atoms with Crippen molar-refractivity contribution in [3.63, 3.8) is 0 Å². The zero-order valence-corrected chi connectivity index (χ0v) is 35.1. The van der Waals surface area contributed by atoms with Gasteiger partial charge in [0.1, 0.15) is 19.0 Å². The number of carbonyl (C=O) groups excluding carboxylic acids is 5. The number of carbonyl (C=O) groups is 8. The van der Waals surface area contributed by atoms with Gasteiger partial charge in [0.2, 0.25) is 5.91 Å². The van der Waals surface area contributed by atoms with E-state index >= 15 is 0 Å². The van der Waals surface area contributed by atoms with Crippen LogP contribution in [0, 0.1) is 20.8 Å². The smallest absolute Gasteiger partial charge is 0.478 e. The number of H-pyrrole nitrogens is 2. The van der Waals surface area contributed by atoms with E-state index in [-0.39, 0.29) is 74.0 Å². The van der Waals surface area contributed by atoms with Crippen molar-refractivity contribution < 1.29 is 105 Å². The number of hydrogen-bond acceptors (Lipinski definition) is 24. The first-order chi connectivity index (χ1) is 31.9. The molecule has 4 aromatic heterocycles. The van der Waals surface area contributed by atoms with Crippen molar-refractivity contribution >= 4 is 47.6 Å². The monoisotopic (exact) mass is 967 g/mol. The van der Waals surface area contributed by atoms with Crippen LogP contribution >= 0.6 is 0 Å². The third-order valence-electron chi connectivity index (χ3n) is 6.80. The number of aliphatic carboxylic acids is 3. The van der Waals surface area contributed by atoms with Gasteiger partial charge < -0.3 is 71.2 Å². The number of aromatic amines is 2. The molecule has 4 aromatic rings. The minimum atomic E-state index is -1.26. The molecule has 0 unspecified atom stereocenters. The first-order valence-corrected chi connectivity index (χ1v) is 18.0. The molecule has 68 heavy (non-hydrogen) atoms. The number of aliphatic hydroxyl groups is 2.